The predicted molar refractivity (Wildman–Crippen MR) is 54.6 cm³/mol. The van der Waals surface area contributed by atoms with Crippen molar-refractivity contribution in [2.45, 2.75) is 44.6 Å². The molecular weight excluding hydrogens is 162 g/mol. The van der Waals surface area contributed by atoms with E-state index in [-0.39, 0.29) is 0 Å². The van der Waals surface area contributed by atoms with Crippen LogP contribution < -0.4 is 11.1 Å². The molecule has 0 aromatic carbocycles. The van der Waals surface area contributed by atoms with Crippen molar-refractivity contribution in [3.05, 3.63) is 0 Å². The first kappa shape index (κ1) is 8.85. The summed E-state index contributed by atoms with van der Waals surface area (Å²) in [7, 11) is 0. The molecule has 1 atom stereocenters. The molecule has 0 bridgehead atoms. The van der Waals surface area contributed by atoms with Crippen molar-refractivity contribution in [3.8, 4) is 0 Å². The zero-order valence-corrected chi connectivity index (χ0v) is 8.13. The van der Waals surface area contributed by atoms with Crippen LogP contribution in [0.2, 0.25) is 0 Å². The Labute approximate surface area is 79.8 Å². The van der Waals surface area contributed by atoms with E-state index in [9.17, 15) is 0 Å². The van der Waals surface area contributed by atoms with E-state index in [1.807, 2.05) is 0 Å². The molecule has 1 aliphatic heterocycles. The molecule has 1 unspecified atom stereocenters. The molecule has 1 saturated carbocycles. The second-order valence-electron chi connectivity index (χ2n) is 4.31. The van der Waals surface area contributed by atoms with Crippen LogP contribution in [-0.2, 0) is 0 Å². The van der Waals surface area contributed by atoms with Crippen LogP contribution in [0, 0.1) is 5.92 Å². The van der Waals surface area contributed by atoms with Crippen LogP contribution >= 0.6 is 0 Å². The molecule has 3 nitrogen and oxygen atoms in total. The normalized spacial score (nSPS) is 29.8. The lowest BCUT2D eigenvalue weighted by atomic mass is 9.85. The first-order valence-corrected chi connectivity index (χ1v) is 5.41. The van der Waals surface area contributed by atoms with Crippen LogP contribution in [0.15, 0.2) is 4.99 Å². The van der Waals surface area contributed by atoms with E-state index >= 15 is 0 Å². The van der Waals surface area contributed by atoms with Gasteiger partial charge in [-0.05, 0) is 12.3 Å². The average Bonchev–Trinajstić information content (AvgIpc) is 2.53. The largest absolute Gasteiger partial charge is 0.370 e. The van der Waals surface area contributed by atoms with Gasteiger partial charge in [-0.3, -0.25) is 4.99 Å². The zero-order chi connectivity index (χ0) is 9.10. The Balaban J connectivity index is 1.72. The maximum Gasteiger partial charge on any atom is 0.188 e. The average molecular weight is 181 g/mol. The van der Waals surface area contributed by atoms with Gasteiger partial charge in [0, 0.05) is 6.04 Å². The van der Waals surface area contributed by atoms with Crippen molar-refractivity contribution in [2.24, 2.45) is 16.6 Å². The highest BCUT2D eigenvalue weighted by atomic mass is 15.2. The molecule has 74 valence electrons. The summed E-state index contributed by atoms with van der Waals surface area (Å²) in [6, 6.07) is 0.531. The van der Waals surface area contributed by atoms with Crippen molar-refractivity contribution < 1.29 is 0 Å². The van der Waals surface area contributed by atoms with Crippen LogP contribution in [0.5, 0.6) is 0 Å². The molecule has 0 amide bonds. The van der Waals surface area contributed by atoms with Gasteiger partial charge in [0.05, 0.1) is 6.54 Å². The smallest absolute Gasteiger partial charge is 0.188 e. The summed E-state index contributed by atoms with van der Waals surface area (Å²) in [5.74, 6) is 1.56. The number of nitrogens with two attached hydrogens (primary N) is 1. The third kappa shape index (κ3) is 2.36. The molecule has 1 aliphatic carbocycles. The van der Waals surface area contributed by atoms with E-state index in [2.05, 4.69) is 10.3 Å². The van der Waals surface area contributed by atoms with Crippen LogP contribution in [0.4, 0.5) is 0 Å². The molecule has 0 spiro atoms. The number of guanidine groups is 1. The van der Waals surface area contributed by atoms with Gasteiger partial charge in [0.1, 0.15) is 0 Å². The molecule has 3 N–H and O–H groups in total. The molecule has 2 rings (SSSR count). The Hall–Kier alpha value is -0.730. The summed E-state index contributed by atoms with van der Waals surface area (Å²) in [6.45, 7) is 0.891. The van der Waals surface area contributed by atoms with E-state index in [1.54, 1.807) is 0 Å². The Morgan fingerprint density at radius 3 is 2.69 bits per heavy atom. The van der Waals surface area contributed by atoms with Gasteiger partial charge in [-0.1, -0.05) is 32.1 Å². The number of nitrogens with one attached hydrogen (secondary N) is 1. The predicted octanol–water partition coefficient (Wildman–Crippen LogP) is 1.24. The van der Waals surface area contributed by atoms with Crippen LogP contribution in [0.1, 0.15) is 38.5 Å². The van der Waals surface area contributed by atoms with Crippen LogP contribution in [0.25, 0.3) is 0 Å². The molecule has 0 aromatic heterocycles. The minimum atomic E-state index is 0.531. The maximum absolute atomic E-state index is 5.57. The van der Waals surface area contributed by atoms with Gasteiger partial charge in [0.2, 0.25) is 0 Å². The molecule has 3 heteroatoms. The Morgan fingerprint density at radius 1 is 1.31 bits per heavy atom. The lowest BCUT2D eigenvalue weighted by Crippen LogP contribution is -2.36. The molecule has 0 saturated heterocycles. The quantitative estimate of drug-likeness (QED) is 0.673. The number of nitrogens with zero attached hydrogens (tertiary/aromatic N) is 1. The number of hydrogen-bond donors (Lipinski definition) is 2. The Bertz CT molecular complexity index is 194. The minimum Gasteiger partial charge on any atom is -0.370 e. The highest BCUT2D eigenvalue weighted by Gasteiger charge is 2.21. The molecule has 0 aromatic rings. The van der Waals surface area contributed by atoms with Gasteiger partial charge < -0.3 is 11.1 Å². The lowest BCUT2D eigenvalue weighted by Gasteiger charge is -2.24. The van der Waals surface area contributed by atoms with Gasteiger partial charge in [0.15, 0.2) is 5.96 Å². The summed E-state index contributed by atoms with van der Waals surface area (Å²) in [5, 5.41) is 3.23. The zero-order valence-electron chi connectivity index (χ0n) is 8.13. The van der Waals surface area contributed by atoms with E-state index in [0.29, 0.717) is 12.0 Å². The lowest BCUT2D eigenvalue weighted by molar-refractivity contribution is 0.315. The number of rotatable bonds is 2. The first-order valence-electron chi connectivity index (χ1n) is 5.41. The van der Waals surface area contributed by atoms with Gasteiger partial charge in [-0.2, -0.15) is 0 Å². The Kier molecular flexibility index (Phi) is 2.71. The maximum atomic E-state index is 5.57. The van der Waals surface area contributed by atoms with Gasteiger partial charge in [-0.15, -0.1) is 0 Å². The summed E-state index contributed by atoms with van der Waals surface area (Å²) in [4.78, 5) is 4.17. The highest BCUT2D eigenvalue weighted by molar-refractivity contribution is 5.79. The van der Waals surface area contributed by atoms with Crippen molar-refractivity contribution in [2.75, 3.05) is 6.54 Å². The molecular formula is C10H19N3. The SMILES string of the molecule is NC1=NCC(CC2CCCCC2)N1. The van der Waals surface area contributed by atoms with Gasteiger partial charge in [0.25, 0.3) is 0 Å². The molecule has 1 fully saturated rings. The fourth-order valence-electron chi connectivity index (χ4n) is 2.47. The van der Waals surface area contributed by atoms with E-state index in [1.165, 1.54) is 38.5 Å². The third-order valence-electron chi connectivity index (χ3n) is 3.18. The van der Waals surface area contributed by atoms with E-state index in [0.717, 1.165) is 12.5 Å². The monoisotopic (exact) mass is 181 g/mol. The summed E-state index contributed by atoms with van der Waals surface area (Å²) in [5.41, 5.74) is 5.57. The van der Waals surface area contributed by atoms with Crippen molar-refractivity contribution in [3.63, 3.8) is 0 Å². The van der Waals surface area contributed by atoms with Crippen molar-refractivity contribution in [1.82, 2.24) is 5.32 Å². The second-order valence-corrected chi connectivity index (χ2v) is 4.31. The summed E-state index contributed by atoms with van der Waals surface area (Å²) >= 11 is 0. The van der Waals surface area contributed by atoms with E-state index < -0.39 is 0 Å². The molecule has 1 heterocycles. The van der Waals surface area contributed by atoms with E-state index in [4.69, 9.17) is 5.73 Å². The van der Waals surface area contributed by atoms with Gasteiger partial charge in [-0.25, -0.2) is 0 Å². The number of hydrogen-bond acceptors (Lipinski definition) is 3. The third-order valence-corrected chi connectivity index (χ3v) is 3.18. The second kappa shape index (κ2) is 3.99. The highest BCUT2D eigenvalue weighted by Crippen LogP contribution is 2.27. The van der Waals surface area contributed by atoms with Crippen molar-refractivity contribution >= 4 is 5.96 Å². The fourth-order valence-corrected chi connectivity index (χ4v) is 2.47. The number of aliphatic imine (C=N–C) groups is 1. The molecule has 13 heavy (non-hydrogen) atoms. The minimum absolute atomic E-state index is 0.531. The van der Waals surface area contributed by atoms with Gasteiger partial charge >= 0.3 is 0 Å². The molecule has 0 radical (unpaired) electrons. The first-order chi connectivity index (χ1) is 6.34. The topological polar surface area (TPSA) is 50.4 Å². The standard InChI is InChI=1S/C10H19N3/c11-10-12-7-9(13-10)6-8-4-2-1-3-5-8/h8-9H,1-7H2,(H3,11,12,13). The summed E-state index contributed by atoms with van der Waals surface area (Å²) in [6.07, 6.45) is 8.38. The van der Waals surface area contributed by atoms with Crippen LogP contribution in [-0.4, -0.2) is 18.5 Å². The summed E-state index contributed by atoms with van der Waals surface area (Å²) < 4.78 is 0. The fraction of sp³-hybridized carbons (Fsp3) is 0.900. The van der Waals surface area contributed by atoms with Crippen LogP contribution in [0.3, 0.4) is 0 Å². The van der Waals surface area contributed by atoms with Crippen molar-refractivity contribution in [1.29, 1.82) is 0 Å². The Morgan fingerprint density at radius 2 is 2.08 bits per heavy atom. The molecule has 2 aliphatic rings.